The van der Waals surface area contributed by atoms with Crippen molar-refractivity contribution < 1.29 is 4.74 Å². The lowest BCUT2D eigenvalue weighted by molar-refractivity contribution is 0.340. The summed E-state index contributed by atoms with van der Waals surface area (Å²) in [6.45, 7) is 4.43. The molecule has 0 amide bonds. The first kappa shape index (κ1) is 19.2. The van der Waals surface area contributed by atoms with Crippen LogP contribution in [-0.4, -0.2) is 11.2 Å². The lowest BCUT2D eigenvalue weighted by Crippen LogP contribution is -2.30. The predicted octanol–water partition coefficient (Wildman–Crippen LogP) is 2.63. The van der Waals surface area contributed by atoms with E-state index in [-0.39, 0.29) is 11.1 Å². The van der Waals surface area contributed by atoms with Gasteiger partial charge in [-0.1, -0.05) is 29.8 Å². The minimum atomic E-state index is -0.271. The van der Waals surface area contributed by atoms with Crippen LogP contribution in [0.25, 0.3) is 17.3 Å². The SMILES string of the molecule is CCOc1ccc(-n2c(=C(C#N)C#N)s/c(=C/c3ccc(C)cc3)c2=O)cc1. The Bertz CT molecular complexity index is 1240. The maximum Gasteiger partial charge on any atom is 0.273 e. The van der Waals surface area contributed by atoms with Crippen molar-refractivity contribution in [3.05, 3.63) is 79.2 Å². The maximum absolute atomic E-state index is 13.1. The third-order valence-electron chi connectivity index (χ3n) is 4.04. The predicted molar refractivity (Wildman–Crippen MR) is 110 cm³/mol. The quantitative estimate of drug-likeness (QED) is 0.689. The van der Waals surface area contributed by atoms with E-state index in [4.69, 9.17) is 4.74 Å². The van der Waals surface area contributed by atoms with Crippen molar-refractivity contribution in [2.45, 2.75) is 13.8 Å². The zero-order valence-electron chi connectivity index (χ0n) is 15.5. The van der Waals surface area contributed by atoms with E-state index in [1.54, 1.807) is 30.3 Å². The number of rotatable bonds is 4. The van der Waals surface area contributed by atoms with E-state index in [0.29, 0.717) is 27.2 Å². The first-order chi connectivity index (χ1) is 13.6. The fourth-order valence-electron chi connectivity index (χ4n) is 2.68. The van der Waals surface area contributed by atoms with Crippen molar-refractivity contribution in [3.8, 4) is 23.6 Å². The fourth-order valence-corrected chi connectivity index (χ4v) is 3.73. The lowest BCUT2D eigenvalue weighted by Gasteiger charge is -2.05. The summed E-state index contributed by atoms with van der Waals surface area (Å²) < 4.78 is 7.62. The molecule has 0 aliphatic rings. The van der Waals surface area contributed by atoms with Crippen molar-refractivity contribution in [3.63, 3.8) is 0 Å². The molecule has 1 heterocycles. The summed E-state index contributed by atoms with van der Waals surface area (Å²) in [6.07, 6.45) is 1.77. The van der Waals surface area contributed by atoms with E-state index in [9.17, 15) is 15.3 Å². The molecule has 0 saturated carbocycles. The van der Waals surface area contributed by atoms with Crippen molar-refractivity contribution >= 4 is 23.0 Å². The Balaban J connectivity index is 2.27. The number of aryl methyl sites for hydroxylation is 1. The number of benzene rings is 2. The topological polar surface area (TPSA) is 78.8 Å². The molecular formula is C22H17N3O2S. The highest BCUT2D eigenvalue weighted by Gasteiger charge is 2.11. The second kappa shape index (κ2) is 8.39. The summed E-state index contributed by atoms with van der Waals surface area (Å²) in [5, 5.41) is 18.7. The first-order valence-corrected chi connectivity index (χ1v) is 9.47. The number of hydrogen-bond acceptors (Lipinski definition) is 5. The van der Waals surface area contributed by atoms with Crippen LogP contribution in [-0.2, 0) is 0 Å². The van der Waals surface area contributed by atoms with Crippen LogP contribution in [0.3, 0.4) is 0 Å². The molecule has 3 rings (SSSR count). The van der Waals surface area contributed by atoms with E-state index in [2.05, 4.69) is 0 Å². The Labute approximate surface area is 166 Å². The largest absolute Gasteiger partial charge is 0.494 e. The average molecular weight is 387 g/mol. The van der Waals surface area contributed by atoms with Crippen molar-refractivity contribution in [1.82, 2.24) is 4.57 Å². The summed E-state index contributed by atoms with van der Waals surface area (Å²) in [7, 11) is 0. The van der Waals surface area contributed by atoms with Crippen LogP contribution >= 0.6 is 11.3 Å². The van der Waals surface area contributed by atoms with Gasteiger partial charge in [0.15, 0.2) is 5.57 Å². The van der Waals surface area contributed by atoms with Crippen molar-refractivity contribution in [1.29, 1.82) is 10.5 Å². The van der Waals surface area contributed by atoms with Gasteiger partial charge in [-0.05, 0) is 49.8 Å². The number of nitriles is 2. The Morgan fingerprint density at radius 2 is 1.75 bits per heavy atom. The third-order valence-corrected chi connectivity index (χ3v) is 5.13. The van der Waals surface area contributed by atoms with Gasteiger partial charge in [-0.3, -0.25) is 9.36 Å². The van der Waals surface area contributed by atoms with Crippen LogP contribution in [0.1, 0.15) is 18.1 Å². The summed E-state index contributed by atoms with van der Waals surface area (Å²) in [5.41, 5.74) is 2.21. The van der Waals surface area contributed by atoms with Crippen LogP contribution < -0.4 is 19.5 Å². The van der Waals surface area contributed by atoms with Crippen LogP contribution in [0.15, 0.2) is 53.3 Å². The fraction of sp³-hybridized carbons (Fsp3) is 0.136. The smallest absolute Gasteiger partial charge is 0.273 e. The minimum absolute atomic E-state index is 0.0976. The van der Waals surface area contributed by atoms with Gasteiger partial charge in [0.05, 0.1) is 16.8 Å². The monoisotopic (exact) mass is 387 g/mol. The number of thiazole rings is 1. The minimum Gasteiger partial charge on any atom is -0.494 e. The average Bonchev–Trinajstić information content (AvgIpc) is 3.02. The van der Waals surface area contributed by atoms with Gasteiger partial charge in [0.2, 0.25) is 0 Å². The Morgan fingerprint density at radius 1 is 1.11 bits per heavy atom. The van der Waals surface area contributed by atoms with Crippen LogP contribution in [0.5, 0.6) is 5.75 Å². The van der Waals surface area contributed by atoms with Gasteiger partial charge in [-0.2, -0.15) is 10.5 Å². The molecule has 5 nitrogen and oxygen atoms in total. The molecule has 0 unspecified atom stereocenters. The van der Waals surface area contributed by atoms with Gasteiger partial charge in [0.1, 0.15) is 22.6 Å². The van der Waals surface area contributed by atoms with Gasteiger partial charge in [0.25, 0.3) is 5.56 Å². The normalized spacial score (nSPS) is 10.9. The Hall–Kier alpha value is -3.61. The Kier molecular flexibility index (Phi) is 5.74. The molecule has 0 saturated heterocycles. The van der Waals surface area contributed by atoms with E-state index in [0.717, 1.165) is 22.5 Å². The van der Waals surface area contributed by atoms with Crippen LogP contribution in [0, 0.1) is 29.6 Å². The third kappa shape index (κ3) is 3.88. The number of aromatic nitrogens is 1. The molecule has 0 spiro atoms. The second-order valence-electron chi connectivity index (χ2n) is 5.99. The highest BCUT2D eigenvalue weighted by Crippen LogP contribution is 2.13. The van der Waals surface area contributed by atoms with Gasteiger partial charge in [-0.25, -0.2) is 0 Å². The Morgan fingerprint density at radius 3 is 2.32 bits per heavy atom. The number of ether oxygens (including phenoxy) is 1. The highest BCUT2D eigenvalue weighted by molar-refractivity contribution is 7.07. The molecule has 28 heavy (non-hydrogen) atoms. The van der Waals surface area contributed by atoms with Gasteiger partial charge >= 0.3 is 0 Å². The molecular weight excluding hydrogens is 370 g/mol. The van der Waals surface area contributed by atoms with Gasteiger partial charge in [-0.15, -0.1) is 11.3 Å². The lowest BCUT2D eigenvalue weighted by atomic mass is 10.1. The molecule has 0 fully saturated rings. The zero-order valence-corrected chi connectivity index (χ0v) is 16.3. The van der Waals surface area contributed by atoms with Crippen molar-refractivity contribution in [2.24, 2.45) is 0 Å². The molecule has 3 aromatic rings. The van der Waals surface area contributed by atoms with E-state index < -0.39 is 0 Å². The molecule has 0 aliphatic carbocycles. The van der Waals surface area contributed by atoms with E-state index in [1.165, 1.54) is 4.57 Å². The molecule has 2 aromatic carbocycles. The first-order valence-electron chi connectivity index (χ1n) is 8.65. The summed E-state index contributed by atoms with van der Waals surface area (Å²) in [5.74, 6) is 0.687. The van der Waals surface area contributed by atoms with E-state index in [1.807, 2.05) is 50.3 Å². The molecule has 6 heteroatoms. The molecule has 0 radical (unpaired) electrons. The van der Waals surface area contributed by atoms with Gasteiger partial charge < -0.3 is 4.74 Å². The summed E-state index contributed by atoms with van der Waals surface area (Å²) in [4.78, 5) is 13.1. The van der Waals surface area contributed by atoms with E-state index >= 15 is 0 Å². The van der Waals surface area contributed by atoms with Crippen LogP contribution in [0.4, 0.5) is 0 Å². The molecule has 1 aromatic heterocycles. The highest BCUT2D eigenvalue weighted by atomic mass is 32.1. The standard InChI is InChI=1S/C22H17N3O2S/c1-3-27-19-10-8-18(9-11-19)25-21(26)20(28-22(25)17(13-23)14-24)12-16-6-4-15(2)5-7-16/h4-12H,3H2,1-2H3/b20-12+. The van der Waals surface area contributed by atoms with Gasteiger partial charge in [0, 0.05) is 0 Å². The second-order valence-corrected chi connectivity index (χ2v) is 7.02. The molecule has 138 valence electrons. The molecule has 0 N–H and O–H groups in total. The zero-order chi connectivity index (χ0) is 20.1. The number of nitrogens with zero attached hydrogens (tertiary/aromatic N) is 3. The summed E-state index contributed by atoms with van der Waals surface area (Å²) >= 11 is 1.13. The van der Waals surface area contributed by atoms with Crippen molar-refractivity contribution in [2.75, 3.05) is 6.61 Å². The van der Waals surface area contributed by atoms with Crippen LogP contribution in [0.2, 0.25) is 0 Å². The molecule has 0 aliphatic heterocycles. The maximum atomic E-state index is 13.1. The number of hydrogen-bond donors (Lipinski definition) is 0. The molecule has 0 atom stereocenters. The summed E-state index contributed by atoms with van der Waals surface area (Å²) in [6, 6.07) is 18.6. The molecule has 0 bridgehead atoms.